The van der Waals surface area contributed by atoms with Gasteiger partial charge in [0.2, 0.25) is 0 Å². The summed E-state index contributed by atoms with van der Waals surface area (Å²) in [4.78, 5) is 19.9. The van der Waals surface area contributed by atoms with Crippen molar-refractivity contribution in [2.45, 2.75) is 96.1 Å². The minimum Gasteiger partial charge on any atom is -0.389 e. The SMILES string of the molecule is CCCCCCCCCCCCC/C=C/[C@@H](O)C(COP(=O)(O)O)N=[N+]=[N-]. The molecule has 27 heavy (non-hydrogen) atoms. The molecule has 8 nitrogen and oxygen atoms in total. The van der Waals surface area contributed by atoms with Gasteiger partial charge in [0.05, 0.1) is 18.8 Å². The Morgan fingerprint density at radius 2 is 1.56 bits per heavy atom. The Hall–Kier alpha value is -0.880. The number of phosphoric acid groups is 1. The number of aliphatic hydroxyl groups excluding tert-OH is 1. The molecule has 0 aromatic rings. The molecule has 0 bridgehead atoms. The van der Waals surface area contributed by atoms with Crippen LogP contribution in [-0.4, -0.2) is 33.6 Å². The van der Waals surface area contributed by atoms with E-state index in [2.05, 4.69) is 21.5 Å². The molecule has 0 saturated heterocycles. The van der Waals surface area contributed by atoms with Crippen LogP contribution < -0.4 is 0 Å². The van der Waals surface area contributed by atoms with Crippen molar-refractivity contribution in [1.82, 2.24) is 0 Å². The van der Waals surface area contributed by atoms with E-state index in [1.165, 1.54) is 63.9 Å². The average Bonchev–Trinajstić information content (AvgIpc) is 2.61. The molecule has 0 amide bonds. The fraction of sp³-hybridized carbons (Fsp3) is 0.889. The van der Waals surface area contributed by atoms with E-state index in [1.807, 2.05) is 0 Å². The van der Waals surface area contributed by atoms with Crippen molar-refractivity contribution in [3.8, 4) is 0 Å². The number of azide groups is 1. The normalized spacial score (nSPS) is 14.2. The van der Waals surface area contributed by atoms with Crippen LogP contribution in [0.25, 0.3) is 10.4 Å². The van der Waals surface area contributed by atoms with Gasteiger partial charge in [-0.15, -0.1) is 0 Å². The van der Waals surface area contributed by atoms with E-state index in [4.69, 9.17) is 15.3 Å². The summed E-state index contributed by atoms with van der Waals surface area (Å²) in [6.45, 7) is 1.69. The van der Waals surface area contributed by atoms with Crippen molar-refractivity contribution in [1.29, 1.82) is 0 Å². The van der Waals surface area contributed by atoms with Gasteiger partial charge in [0.1, 0.15) is 0 Å². The summed E-state index contributed by atoms with van der Waals surface area (Å²) in [6, 6.07) is -1.07. The van der Waals surface area contributed by atoms with Crippen molar-refractivity contribution >= 4 is 7.82 Å². The highest BCUT2D eigenvalue weighted by Gasteiger charge is 2.21. The lowest BCUT2D eigenvalue weighted by atomic mass is 10.0. The third kappa shape index (κ3) is 18.3. The Kier molecular flexibility index (Phi) is 16.7. The van der Waals surface area contributed by atoms with Gasteiger partial charge in [-0.3, -0.25) is 4.52 Å². The first-order valence-electron chi connectivity index (χ1n) is 9.99. The number of allylic oxidation sites excluding steroid dienone is 1. The lowest BCUT2D eigenvalue weighted by Gasteiger charge is -2.15. The van der Waals surface area contributed by atoms with Gasteiger partial charge in [-0.25, -0.2) is 4.57 Å². The van der Waals surface area contributed by atoms with Gasteiger partial charge in [0.25, 0.3) is 0 Å². The molecule has 9 heteroatoms. The molecule has 0 aliphatic carbocycles. The van der Waals surface area contributed by atoms with Gasteiger partial charge in [-0.1, -0.05) is 88.4 Å². The maximum Gasteiger partial charge on any atom is 0.469 e. The first-order chi connectivity index (χ1) is 12.9. The van der Waals surface area contributed by atoms with Gasteiger partial charge >= 0.3 is 7.82 Å². The molecule has 0 aliphatic rings. The first kappa shape index (κ1) is 26.1. The third-order valence-electron chi connectivity index (χ3n) is 4.32. The maximum atomic E-state index is 10.7. The standard InChI is InChI=1S/C18H36N3O5P/c1-2-3-4-5-6-7-8-9-10-11-12-13-14-15-18(22)17(20-21-19)16-26-27(23,24)25/h14-15,17-18,22H,2-13,16H2,1H3,(H2,23,24,25)/b15-14+/t17?,18-/m1/s1. The third-order valence-corrected chi connectivity index (χ3v) is 4.80. The summed E-state index contributed by atoms with van der Waals surface area (Å²) >= 11 is 0. The molecular formula is C18H36N3O5P. The quantitative estimate of drug-likeness (QED) is 0.0701. The summed E-state index contributed by atoms with van der Waals surface area (Å²) in [7, 11) is -4.66. The zero-order valence-corrected chi connectivity index (χ0v) is 17.3. The number of nitrogens with zero attached hydrogens (tertiary/aromatic N) is 3. The summed E-state index contributed by atoms with van der Waals surface area (Å²) in [5, 5.41) is 13.2. The van der Waals surface area contributed by atoms with Crippen LogP contribution in [0.5, 0.6) is 0 Å². The van der Waals surface area contributed by atoms with E-state index in [0.717, 1.165) is 19.3 Å². The summed E-state index contributed by atoms with van der Waals surface area (Å²) in [6.07, 6.45) is 16.9. The molecule has 1 unspecified atom stereocenters. The molecule has 0 aromatic carbocycles. The van der Waals surface area contributed by atoms with E-state index in [9.17, 15) is 9.67 Å². The van der Waals surface area contributed by atoms with E-state index in [1.54, 1.807) is 6.08 Å². The second-order valence-electron chi connectivity index (χ2n) is 6.80. The molecule has 0 aromatic heterocycles. The highest BCUT2D eigenvalue weighted by molar-refractivity contribution is 7.46. The van der Waals surface area contributed by atoms with Crippen LogP contribution in [0.4, 0.5) is 0 Å². The summed E-state index contributed by atoms with van der Waals surface area (Å²) in [5.41, 5.74) is 8.47. The van der Waals surface area contributed by atoms with Crippen molar-refractivity contribution in [2.75, 3.05) is 6.61 Å². The fourth-order valence-electron chi connectivity index (χ4n) is 2.73. The Morgan fingerprint density at radius 3 is 2.04 bits per heavy atom. The molecule has 158 valence electrons. The average molecular weight is 405 g/mol. The molecular weight excluding hydrogens is 369 g/mol. The topological polar surface area (TPSA) is 136 Å². The van der Waals surface area contributed by atoms with Gasteiger partial charge < -0.3 is 14.9 Å². The van der Waals surface area contributed by atoms with Crippen molar-refractivity contribution < 1.29 is 24.0 Å². The summed E-state index contributed by atoms with van der Waals surface area (Å²) < 4.78 is 15.0. The zero-order valence-electron chi connectivity index (χ0n) is 16.4. The molecule has 0 heterocycles. The fourth-order valence-corrected chi connectivity index (χ4v) is 3.08. The Labute approximate surface area is 162 Å². The van der Waals surface area contributed by atoms with Gasteiger partial charge in [-0.2, -0.15) is 0 Å². The monoisotopic (exact) mass is 405 g/mol. The van der Waals surface area contributed by atoms with E-state index < -0.39 is 26.6 Å². The van der Waals surface area contributed by atoms with Gasteiger partial charge in [0.15, 0.2) is 0 Å². The number of phosphoric ester groups is 1. The Balaban J connectivity index is 3.75. The first-order valence-corrected chi connectivity index (χ1v) is 11.5. The number of aliphatic hydroxyl groups is 1. The van der Waals surface area contributed by atoms with E-state index >= 15 is 0 Å². The van der Waals surface area contributed by atoms with Crippen molar-refractivity contribution in [3.05, 3.63) is 22.6 Å². The van der Waals surface area contributed by atoms with Crippen LogP contribution >= 0.6 is 7.82 Å². The minimum atomic E-state index is -4.66. The summed E-state index contributed by atoms with van der Waals surface area (Å²) in [5.74, 6) is 0. The van der Waals surface area contributed by atoms with Crippen LogP contribution in [-0.2, 0) is 9.09 Å². The molecule has 0 rings (SSSR count). The molecule has 3 N–H and O–H groups in total. The maximum absolute atomic E-state index is 10.7. The number of rotatable bonds is 18. The number of hydrogen-bond acceptors (Lipinski definition) is 4. The molecule has 0 radical (unpaired) electrons. The van der Waals surface area contributed by atoms with Gasteiger partial charge in [-0.05, 0) is 18.4 Å². The lowest BCUT2D eigenvalue weighted by Crippen LogP contribution is -2.26. The van der Waals surface area contributed by atoms with Crippen molar-refractivity contribution in [3.63, 3.8) is 0 Å². The van der Waals surface area contributed by atoms with Crippen LogP contribution in [0.2, 0.25) is 0 Å². The predicted molar refractivity (Wildman–Crippen MR) is 107 cm³/mol. The molecule has 0 spiro atoms. The highest BCUT2D eigenvalue weighted by atomic mass is 31.2. The van der Waals surface area contributed by atoms with Crippen LogP contribution in [0, 0.1) is 0 Å². The van der Waals surface area contributed by atoms with Crippen LogP contribution in [0.3, 0.4) is 0 Å². The largest absolute Gasteiger partial charge is 0.469 e. The van der Waals surface area contributed by atoms with Crippen molar-refractivity contribution in [2.24, 2.45) is 5.11 Å². The molecule has 0 aliphatic heterocycles. The smallest absolute Gasteiger partial charge is 0.389 e. The number of unbranched alkanes of at least 4 members (excludes halogenated alkanes) is 11. The highest BCUT2D eigenvalue weighted by Crippen LogP contribution is 2.36. The van der Waals surface area contributed by atoms with E-state index in [-0.39, 0.29) is 0 Å². The zero-order chi connectivity index (χ0) is 20.4. The lowest BCUT2D eigenvalue weighted by molar-refractivity contribution is 0.129. The second kappa shape index (κ2) is 17.2. The Morgan fingerprint density at radius 1 is 1.04 bits per heavy atom. The predicted octanol–water partition coefficient (Wildman–Crippen LogP) is 5.39. The van der Waals surface area contributed by atoms with Crippen LogP contribution in [0.15, 0.2) is 17.3 Å². The number of hydrogen-bond donors (Lipinski definition) is 3. The molecule has 0 fully saturated rings. The van der Waals surface area contributed by atoms with Crippen LogP contribution in [0.1, 0.15) is 84.0 Å². The van der Waals surface area contributed by atoms with E-state index in [0.29, 0.717) is 0 Å². The Bertz CT molecular complexity index is 478. The molecule has 0 saturated carbocycles. The molecule has 2 atom stereocenters. The minimum absolute atomic E-state index is 0.543. The van der Waals surface area contributed by atoms with Gasteiger partial charge in [0, 0.05) is 4.91 Å². The second-order valence-corrected chi connectivity index (χ2v) is 8.04.